The van der Waals surface area contributed by atoms with Gasteiger partial charge < -0.3 is 5.32 Å². The molecule has 26 heavy (non-hydrogen) atoms. The van der Waals surface area contributed by atoms with Crippen LogP contribution in [0.25, 0.3) is 11.3 Å². The van der Waals surface area contributed by atoms with Crippen LogP contribution in [0.3, 0.4) is 0 Å². The van der Waals surface area contributed by atoms with Crippen molar-refractivity contribution in [3.63, 3.8) is 0 Å². The molecule has 3 aromatic rings. The average Bonchev–Trinajstić information content (AvgIpc) is 2.64. The van der Waals surface area contributed by atoms with Gasteiger partial charge in [-0.1, -0.05) is 18.2 Å². The van der Waals surface area contributed by atoms with Crippen molar-refractivity contribution in [3.05, 3.63) is 88.2 Å². The van der Waals surface area contributed by atoms with Gasteiger partial charge in [0.1, 0.15) is 5.82 Å². The number of rotatable bonds is 5. The van der Waals surface area contributed by atoms with Gasteiger partial charge in [-0.25, -0.2) is 9.37 Å². The number of aryl methyl sites for hydroxylation is 1. The molecule has 0 aliphatic heterocycles. The molecule has 0 bridgehead atoms. The Morgan fingerprint density at radius 3 is 2.58 bits per heavy atom. The van der Waals surface area contributed by atoms with Crippen molar-refractivity contribution in [1.29, 1.82) is 0 Å². The van der Waals surface area contributed by atoms with Gasteiger partial charge in [-0.2, -0.15) is 0 Å². The van der Waals surface area contributed by atoms with Crippen molar-refractivity contribution in [2.75, 3.05) is 6.54 Å². The van der Waals surface area contributed by atoms with Crippen LogP contribution in [0.15, 0.2) is 65.7 Å². The first-order valence-electron chi connectivity index (χ1n) is 8.21. The third-order valence-corrected chi connectivity index (χ3v) is 4.05. The Labute approximate surface area is 150 Å². The Morgan fingerprint density at radius 1 is 1.15 bits per heavy atom. The van der Waals surface area contributed by atoms with Crippen LogP contribution in [-0.2, 0) is 6.54 Å². The van der Waals surface area contributed by atoms with Gasteiger partial charge in [0.05, 0.1) is 12.0 Å². The normalized spacial score (nSPS) is 10.5. The number of amides is 1. The second kappa shape index (κ2) is 7.74. The van der Waals surface area contributed by atoms with E-state index >= 15 is 0 Å². The van der Waals surface area contributed by atoms with Gasteiger partial charge in [0.15, 0.2) is 0 Å². The zero-order valence-corrected chi connectivity index (χ0v) is 14.3. The van der Waals surface area contributed by atoms with Crippen LogP contribution in [0.1, 0.15) is 15.9 Å². The van der Waals surface area contributed by atoms with Gasteiger partial charge in [-0.3, -0.25) is 14.2 Å². The summed E-state index contributed by atoms with van der Waals surface area (Å²) in [5.41, 5.74) is 2.43. The molecule has 0 saturated carbocycles. The lowest BCUT2D eigenvalue weighted by Crippen LogP contribution is -2.31. The third-order valence-electron chi connectivity index (χ3n) is 4.05. The first kappa shape index (κ1) is 17.5. The number of carbonyl (C=O) groups excluding carboxylic acids is 1. The van der Waals surface area contributed by atoms with Crippen molar-refractivity contribution in [1.82, 2.24) is 14.9 Å². The third kappa shape index (κ3) is 4.03. The summed E-state index contributed by atoms with van der Waals surface area (Å²) in [6.07, 6.45) is 1.43. The van der Waals surface area contributed by atoms with Gasteiger partial charge in [0.25, 0.3) is 11.5 Å². The molecule has 0 saturated heterocycles. The second-order valence-corrected chi connectivity index (χ2v) is 5.88. The summed E-state index contributed by atoms with van der Waals surface area (Å²) in [7, 11) is 0. The molecule has 0 aliphatic carbocycles. The Balaban J connectivity index is 1.64. The van der Waals surface area contributed by atoms with E-state index in [1.54, 1.807) is 18.2 Å². The molecule has 0 unspecified atom stereocenters. The van der Waals surface area contributed by atoms with Crippen LogP contribution in [-0.4, -0.2) is 22.0 Å². The number of nitrogens with zero attached hydrogens (tertiary/aromatic N) is 2. The highest BCUT2D eigenvalue weighted by atomic mass is 19.1. The molecule has 0 radical (unpaired) electrons. The summed E-state index contributed by atoms with van der Waals surface area (Å²) in [6.45, 7) is 2.50. The molecule has 6 heteroatoms. The van der Waals surface area contributed by atoms with Gasteiger partial charge in [0.2, 0.25) is 0 Å². The molecular weight excluding hydrogens is 333 g/mol. The quantitative estimate of drug-likeness (QED) is 0.769. The number of benzene rings is 2. The van der Waals surface area contributed by atoms with Crippen molar-refractivity contribution >= 4 is 5.91 Å². The molecule has 132 valence electrons. The van der Waals surface area contributed by atoms with E-state index in [-0.39, 0.29) is 17.3 Å². The maximum Gasteiger partial charge on any atom is 0.253 e. The SMILES string of the molecule is Cc1ccccc1C(=O)NCCn1cnc(-c2ccc(F)cc2)cc1=O. The second-order valence-electron chi connectivity index (χ2n) is 5.88. The smallest absolute Gasteiger partial charge is 0.253 e. The van der Waals surface area contributed by atoms with E-state index in [1.807, 2.05) is 25.1 Å². The van der Waals surface area contributed by atoms with E-state index in [9.17, 15) is 14.0 Å². The van der Waals surface area contributed by atoms with Crippen molar-refractivity contribution < 1.29 is 9.18 Å². The highest BCUT2D eigenvalue weighted by molar-refractivity contribution is 5.95. The van der Waals surface area contributed by atoms with E-state index in [0.717, 1.165) is 5.56 Å². The first-order chi connectivity index (χ1) is 12.5. The maximum absolute atomic E-state index is 13.0. The minimum Gasteiger partial charge on any atom is -0.350 e. The van der Waals surface area contributed by atoms with E-state index in [0.29, 0.717) is 29.9 Å². The molecule has 5 nitrogen and oxygen atoms in total. The van der Waals surface area contributed by atoms with Crippen LogP contribution in [0, 0.1) is 12.7 Å². The predicted octanol–water partition coefficient (Wildman–Crippen LogP) is 2.79. The molecule has 1 aromatic heterocycles. The molecule has 0 spiro atoms. The fourth-order valence-electron chi connectivity index (χ4n) is 2.59. The van der Waals surface area contributed by atoms with Crippen LogP contribution in [0.4, 0.5) is 4.39 Å². The summed E-state index contributed by atoms with van der Waals surface area (Å²) < 4.78 is 14.4. The molecular formula is C20H18FN3O2. The lowest BCUT2D eigenvalue weighted by Gasteiger charge is -2.09. The van der Waals surface area contributed by atoms with Crippen molar-refractivity contribution in [3.8, 4) is 11.3 Å². The highest BCUT2D eigenvalue weighted by Crippen LogP contribution is 2.15. The fourth-order valence-corrected chi connectivity index (χ4v) is 2.59. The predicted molar refractivity (Wildman–Crippen MR) is 97.4 cm³/mol. The van der Waals surface area contributed by atoms with Gasteiger partial charge in [-0.05, 0) is 42.8 Å². The zero-order chi connectivity index (χ0) is 18.5. The van der Waals surface area contributed by atoms with Crippen LogP contribution >= 0.6 is 0 Å². The van der Waals surface area contributed by atoms with Crippen LogP contribution < -0.4 is 10.9 Å². The number of halogens is 1. The Bertz CT molecular complexity index is 981. The number of nitrogens with one attached hydrogen (secondary N) is 1. The molecule has 1 heterocycles. The van der Waals surface area contributed by atoms with Gasteiger partial charge in [-0.15, -0.1) is 0 Å². The van der Waals surface area contributed by atoms with E-state index in [2.05, 4.69) is 10.3 Å². The molecule has 1 amide bonds. The number of aromatic nitrogens is 2. The molecule has 3 rings (SSSR count). The highest BCUT2D eigenvalue weighted by Gasteiger charge is 2.08. The Kier molecular flexibility index (Phi) is 5.22. The topological polar surface area (TPSA) is 64.0 Å². The summed E-state index contributed by atoms with van der Waals surface area (Å²) in [5, 5.41) is 2.80. The van der Waals surface area contributed by atoms with E-state index in [4.69, 9.17) is 0 Å². The molecule has 0 fully saturated rings. The molecule has 0 aliphatic rings. The summed E-state index contributed by atoms with van der Waals surface area (Å²) >= 11 is 0. The van der Waals surface area contributed by atoms with Crippen LogP contribution in [0.5, 0.6) is 0 Å². The Morgan fingerprint density at radius 2 is 1.88 bits per heavy atom. The van der Waals surface area contributed by atoms with E-state index in [1.165, 1.54) is 29.1 Å². The molecule has 2 aromatic carbocycles. The molecule has 1 N–H and O–H groups in total. The average molecular weight is 351 g/mol. The number of carbonyl (C=O) groups is 1. The monoisotopic (exact) mass is 351 g/mol. The minimum atomic E-state index is -0.341. The van der Waals surface area contributed by atoms with Crippen molar-refractivity contribution in [2.24, 2.45) is 0 Å². The van der Waals surface area contributed by atoms with Crippen LogP contribution in [0.2, 0.25) is 0 Å². The zero-order valence-electron chi connectivity index (χ0n) is 14.3. The first-order valence-corrected chi connectivity index (χ1v) is 8.21. The number of hydrogen-bond acceptors (Lipinski definition) is 3. The summed E-state index contributed by atoms with van der Waals surface area (Å²) in [5.74, 6) is -0.515. The summed E-state index contributed by atoms with van der Waals surface area (Å²) in [6, 6.07) is 14.5. The fraction of sp³-hybridized carbons (Fsp3) is 0.150. The largest absolute Gasteiger partial charge is 0.350 e. The summed E-state index contributed by atoms with van der Waals surface area (Å²) in [4.78, 5) is 28.6. The van der Waals surface area contributed by atoms with E-state index < -0.39 is 0 Å². The van der Waals surface area contributed by atoms with Gasteiger partial charge in [0, 0.05) is 30.3 Å². The molecule has 0 atom stereocenters. The Hall–Kier alpha value is -3.28. The van der Waals surface area contributed by atoms with Gasteiger partial charge >= 0.3 is 0 Å². The standard InChI is InChI=1S/C20H18FN3O2/c1-14-4-2-3-5-17(14)20(26)22-10-11-24-13-23-18(12-19(24)25)15-6-8-16(21)9-7-15/h2-9,12-13H,10-11H2,1H3,(H,22,26). The minimum absolute atomic E-state index is 0.174. The lowest BCUT2D eigenvalue weighted by molar-refractivity contribution is 0.0951. The van der Waals surface area contributed by atoms with Crippen molar-refractivity contribution in [2.45, 2.75) is 13.5 Å². The lowest BCUT2D eigenvalue weighted by atomic mass is 10.1. The number of hydrogen-bond donors (Lipinski definition) is 1. The maximum atomic E-state index is 13.0.